The lowest BCUT2D eigenvalue weighted by Crippen LogP contribution is -2.17. The van der Waals surface area contributed by atoms with Crippen LogP contribution in [0, 0.1) is 0 Å². The fourth-order valence-electron chi connectivity index (χ4n) is 1.71. The van der Waals surface area contributed by atoms with Crippen molar-refractivity contribution in [1.82, 2.24) is 15.3 Å². The summed E-state index contributed by atoms with van der Waals surface area (Å²) in [4.78, 5) is 8.94. The number of para-hydroxylation sites is 2. The second kappa shape index (κ2) is 8.09. The van der Waals surface area contributed by atoms with Gasteiger partial charge in [-0.15, -0.1) is 0 Å². The Hall–Kier alpha value is -1.17. The molecule has 0 bridgehead atoms. The highest BCUT2D eigenvalue weighted by atomic mass is 32.2. The number of nitrogens with one attached hydrogen (secondary N) is 1. The molecule has 0 unspecified atom stereocenters. The summed E-state index contributed by atoms with van der Waals surface area (Å²) in [5.74, 6) is 2.08. The molecule has 2 N–H and O–H groups in total. The molecule has 1 aromatic carbocycles. The molecule has 19 heavy (non-hydrogen) atoms. The molecule has 1 aromatic heterocycles. The molecule has 0 saturated heterocycles. The van der Waals surface area contributed by atoms with Crippen molar-refractivity contribution < 1.29 is 5.11 Å². The Morgan fingerprint density at radius 1 is 1.16 bits per heavy atom. The highest BCUT2D eigenvalue weighted by Crippen LogP contribution is 2.08. The zero-order valence-electron chi connectivity index (χ0n) is 10.9. The molecule has 0 amide bonds. The smallest absolute Gasteiger partial charge is 0.0890 e. The third-order valence-electron chi connectivity index (χ3n) is 2.67. The van der Waals surface area contributed by atoms with E-state index >= 15 is 0 Å². The lowest BCUT2D eigenvalue weighted by atomic mass is 10.3. The Labute approximate surface area is 117 Å². The van der Waals surface area contributed by atoms with Crippen molar-refractivity contribution in [2.24, 2.45) is 0 Å². The maximum absolute atomic E-state index is 8.66. The van der Waals surface area contributed by atoms with Crippen molar-refractivity contribution in [3.05, 3.63) is 36.2 Å². The van der Waals surface area contributed by atoms with Crippen LogP contribution in [0.1, 0.15) is 12.1 Å². The second-order valence-corrected chi connectivity index (χ2v) is 5.44. The second-order valence-electron chi connectivity index (χ2n) is 4.22. The summed E-state index contributed by atoms with van der Waals surface area (Å²) < 4.78 is 0. The van der Waals surface area contributed by atoms with E-state index in [1.165, 1.54) is 0 Å². The van der Waals surface area contributed by atoms with E-state index in [0.29, 0.717) is 0 Å². The maximum Gasteiger partial charge on any atom is 0.0890 e. The van der Waals surface area contributed by atoms with Gasteiger partial charge in [0.05, 0.1) is 22.9 Å². The van der Waals surface area contributed by atoms with Crippen LogP contribution in [-0.4, -0.2) is 39.7 Å². The van der Waals surface area contributed by atoms with E-state index in [-0.39, 0.29) is 6.61 Å². The molecule has 1 heterocycles. The van der Waals surface area contributed by atoms with E-state index in [1.807, 2.05) is 42.2 Å². The van der Waals surface area contributed by atoms with E-state index in [0.717, 1.165) is 47.7 Å². The lowest BCUT2D eigenvalue weighted by molar-refractivity contribution is 0.296. The van der Waals surface area contributed by atoms with E-state index in [2.05, 4.69) is 15.3 Å². The van der Waals surface area contributed by atoms with Crippen LogP contribution < -0.4 is 5.32 Å². The zero-order chi connectivity index (χ0) is 13.3. The predicted molar refractivity (Wildman–Crippen MR) is 80.3 cm³/mol. The molecule has 102 valence electrons. The summed E-state index contributed by atoms with van der Waals surface area (Å²) in [6.45, 7) is 1.98. The summed E-state index contributed by atoms with van der Waals surface area (Å²) >= 11 is 1.86. The van der Waals surface area contributed by atoms with Crippen molar-refractivity contribution in [1.29, 1.82) is 0 Å². The SMILES string of the molecule is OCCCSCCNCc1cnc2ccccc2n1. The molecule has 0 aliphatic rings. The van der Waals surface area contributed by atoms with Crippen LogP contribution in [0.2, 0.25) is 0 Å². The number of fused-ring (bicyclic) bond motifs is 1. The fraction of sp³-hybridized carbons (Fsp3) is 0.429. The van der Waals surface area contributed by atoms with E-state index in [9.17, 15) is 0 Å². The van der Waals surface area contributed by atoms with Crippen molar-refractivity contribution in [3.63, 3.8) is 0 Å². The topological polar surface area (TPSA) is 58.0 Å². The van der Waals surface area contributed by atoms with Gasteiger partial charge in [0, 0.05) is 25.4 Å². The van der Waals surface area contributed by atoms with Gasteiger partial charge in [0.25, 0.3) is 0 Å². The molecule has 0 spiro atoms. The minimum atomic E-state index is 0.285. The molecular weight excluding hydrogens is 258 g/mol. The molecule has 0 fully saturated rings. The first-order chi connectivity index (χ1) is 9.40. The number of benzene rings is 1. The van der Waals surface area contributed by atoms with Crippen molar-refractivity contribution >= 4 is 22.8 Å². The number of aromatic nitrogens is 2. The first-order valence-electron chi connectivity index (χ1n) is 6.50. The Morgan fingerprint density at radius 2 is 2.00 bits per heavy atom. The highest BCUT2D eigenvalue weighted by Gasteiger charge is 1.98. The minimum absolute atomic E-state index is 0.285. The molecular formula is C14H19N3OS. The molecule has 2 aromatic rings. The van der Waals surface area contributed by atoms with Crippen LogP contribution in [0.5, 0.6) is 0 Å². The quantitative estimate of drug-likeness (QED) is 0.721. The van der Waals surface area contributed by atoms with Gasteiger partial charge in [-0.2, -0.15) is 11.8 Å². The van der Waals surface area contributed by atoms with Gasteiger partial charge in [-0.1, -0.05) is 12.1 Å². The summed E-state index contributed by atoms with van der Waals surface area (Å²) in [5.41, 5.74) is 2.85. The third-order valence-corrected chi connectivity index (χ3v) is 3.74. The van der Waals surface area contributed by atoms with Gasteiger partial charge < -0.3 is 10.4 Å². The van der Waals surface area contributed by atoms with Crippen LogP contribution in [0.15, 0.2) is 30.5 Å². The van der Waals surface area contributed by atoms with Crippen LogP contribution in [0.3, 0.4) is 0 Å². The van der Waals surface area contributed by atoms with E-state index in [4.69, 9.17) is 5.11 Å². The molecule has 2 rings (SSSR count). The van der Waals surface area contributed by atoms with Crippen LogP contribution in [-0.2, 0) is 6.54 Å². The third kappa shape index (κ3) is 4.78. The van der Waals surface area contributed by atoms with Crippen molar-refractivity contribution in [2.75, 3.05) is 24.7 Å². The Balaban J connectivity index is 1.72. The van der Waals surface area contributed by atoms with Gasteiger partial charge in [-0.25, -0.2) is 4.98 Å². The molecule has 0 aliphatic carbocycles. The number of rotatable bonds is 8. The maximum atomic E-state index is 8.66. The summed E-state index contributed by atoms with van der Waals surface area (Å²) in [6.07, 6.45) is 2.70. The summed E-state index contributed by atoms with van der Waals surface area (Å²) in [5, 5.41) is 12.0. The minimum Gasteiger partial charge on any atom is -0.396 e. The largest absolute Gasteiger partial charge is 0.396 e. The predicted octanol–water partition coefficient (Wildman–Crippen LogP) is 1.83. The molecule has 0 saturated carbocycles. The van der Waals surface area contributed by atoms with Gasteiger partial charge in [-0.05, 0) is 24.3 Å². The first kappa shape index (κ1) is 14.2. The molecule has 4 nitrogen and oxygen atoms in total. The van der Waals surface area contributed by atoms with Crippen LogP contribution >= 0.6 is 11.8 Å². The number of nitrogens with zero attached hydrogens (tertiary/aromatic N) is 2. The van der Waals surface area contributed by atoms with Gasteiger partial charge >= 0.3 is 0 Å². The normalized spacial score (nSPS) is 11.0. The van der Waals surface area contributed by atoms with Gasteiger partial charge in [-0.3, -0.25) is 4.98 Å². The average molecular weight is 277 g/mol. The van der Waals surface area contributed by atoms with E-state index in [1.54, 1.807) is 0 Å². The Kier molecular flexibility index (Phi) is 6.07. The number of hydrogen-bond acceptors (Lipinski definition) is 5. The molecule has 0 aliphatic heterocycles. The molecule has 0 atom stereocenters. The average Bonchev–Trinajstić information content (AvgIpc) is 2.46. The van der Waals surface area contributed by atoms with Crippen molar-refractivity contribution in [2.45, 2.75) is 13.0 Å². The molecule has 0 radical (unpaired) electrons. The number of hydrogen-bond donors (Lipinski definition) is 2. The van der Waals surface area contributed by atoms with Gasteiger partial charge in [0.15, 0.2) is 0 Å². The Morgan fingerprint density at radius 3 is 2.84 bits per heavy atom. The molecule has 5 heteroatoms. The summed E-state index contributed by atoms with van der Waals surface area (Å²) in [7, 11) is 0. The monoisotopic (exact) mass is 277 g/mol. The van der Waals surface area contributed by atoms with E-state index < -0.39 is 0 Å². The van der Waals surface area contributed by atoms with Crippen LogP contribution in [0.4, 0.5) is 0 Å². The Bertz CT molecular complexity index is 507. The number of aliphatic hydroxyl groups excluding tert-OH is 1. The van der Waals surface area contributed by atoms with Crippen molar-refractivity contribution in [3.8, 4) is 0 Å². The standard InChI is InChI=1S/C14H19N3OS/c18-7-3-8-19-9-6-15-10-12-11-16-13-4-1-2-5-14(13)17-12/h1-2,4-5,11,15,18H,3,6-10H2. The summed E-state index contributed by atoms with van der Waals surface area (Å²) in [6, 6.07) is 7.90. The number of thioether (sulfide) groups is 1. The fourth-order valence-corrected chi connectivity index (χ4v) is 2.54. The van der Waals surface area contributed by atoms with Crippen LogP contribution in [0.25, 0.3) is 11.0 Å². The van der Waals surface area contributed by atoms with Gasteiger partial charge in [0.2, 0.25) is 0 Å². The lowest BCUT2D eigenvalue weighted by Gasteiger charge is -2.05. The van der Waals surface area contributed by atoms with Gasteiger partial charge in [0.1, 0.15) is 0 Å². The highest BCUT2D eigenvalue weighted by molar-refractivity contribution is 7.99. The number of aliphatic hydroxyl groups is 1. The first-order valence-corrected chi connectivity index (χ1v) is 7.65. The zero-order valence-corrected chi connectivity index (χ0v) is 11.7.